The van der Waals surface area contributed by atoms with E-state index < -0.39 is 21.6 Å². The van der Waals surface area contributed by atoms with Crippen molar-refractivity contribution in [1.82, 2.24) is 19.5 Å². The third-order valence-electron chi connectivity index (χ3n) is 3.72. The van der Waals surface area contributed by atoms with Crippen LogP contribution in [0.25, 0.3) is 22.6 Å². The molecule has 132 valence electrons. The first kappa shape index (κ1) is 17.3. The van der Waals surface area contributed by atoms with Gasteiger partial charge in [0.2, 0.25) is 0 Å². The number of nitrogens with zero attached hydrogens (tertiary/aromatic N) is 4. The molecule has 0 aliphatic heterocycles. The van der Waals surface area contributed by atoms with Crippen molar-refractivity contribution < 1.29 is 21.6 Å². The first-order chi connectivity index (χ1) is 11.6. The molecule has 0 bridgehead atoms. The van der Waals surface area contributed by atoms with Crippen LogP contribution in [0, 0.1) is 0 Å². The Morgan fingerprint density at radius 2 is 1.96 bits per heavy atom. The smallest absolute Gasteiger partial charge is 0.312 e. The van der Waals surface area contributed by atoms with Gasteiger partial charge in [-0.05, 0) is 18.2 Å². The average molecular weight is 370 g/mol. The van der Waals surface area contributed by atoms with Crippen LogP contribution in [0.2, 0.25) is 0 Å². The molecule has 0 aliphatic rings. The molecule has 0 unspecified atom stereocenters. The molecule has 0 atom stereocenters. The summed E-state index contributed by atoms with van der Waals surface area (Å²) in [6.45, 7) is 1.49. The minimum absolute atomic E-state index is 0.0241. The molecule has 0 N–H and O–H groups in total. The number of hydrogen-bond donors (Lipinski definition) is 0. The molecule has 0 amide bonds. The number of rotatable bonds is 3. The first-order valence-corrected chi connectivity index (χ1v) is 8.88. The van der Waals surface area contributed by atoms with E-state index in [1.807, 2.05) is 0 Å². The maximum absolute atomic E-state index is 12.8. The van der Waals surface area contributed by atoms with Crippen LogP contribution in [0.15, 0.2) is 35.6 Å². The van der Waals surface area contributed by atoms with Gasteiger partial charge in [-0.2, -0.15) is 13.2 Å². The Morgan fingerprint density at radius 1 is 1.24 bits per heavy atom. The van der Waals surface area contributed by atoms with E-state index in [0.29, 0.717) is 0 Å². The number of hydrogen-bond acceptors (Lipinski definition) is 5. The van der Waals surface area contributed by atoms with Crippen LogP contribution in [0.4, 0.5) is 13.2 Å². The summed E-state index contributed by atoms with van der Waals surface area (Å²) in [6, 6.07) is 3.94. The second-order valence-corrected chi connectivity index (χ2v) is 7.51. The molecular weight excluding hydrogens is 357 g/mol. The van der Waals surface area contributed by atoms with Gasteiger partial charge in [0.1, 0.15) is 11.3 Å². The molecule has 0 saturated heterocycles. The minimum Gasteiger partial charge on any atom is -0.312 e. The molecule has 0 saturated carbocycles. The number of fused-ring (bicyclic) bond motifs is 1. The van der Waals surface area contributed by atoms with E-state index in [4.69, 9.17) is 0 Å². The zero-order valence-corrected chi connectivity index (χ0v) is 14.1. The number of aryl methyl sites for hydroxylation is 1. The maximum Gasteiger partial charge on any atom is 0.417 e. The summed E-state index contributed by atoms with van der Waals surface area (Å²) in [6.07, 6.45) is -2.47. The van der Waals surface area contributed by atoms with Gasteiger partial charge < -0.3 is 4.57 Å². The molecule has 3 aromatic rings. The van der Waals surface area contributed by atoms with E-state index >= 15 is 0 Å². The maximum atomic E-state index is 12.8. The lowest BCUT2D eigenvalue weighted by Gasteiger charge is -2.08. The number of halogens is 3. The van der Waals surface area contributed by atoms with Crippen molar-refractivity contribution in [3.63, 3.8) is 0 Å². The van der Waals surface area contributed by atoms with Gasteiger partial charge in [-0.15, -0.1) is 0 Å². The predicted octanol–water partition coefficient (Wildman–Crippen LogP) is 2.84. The summed E-state index contributed by atoms with van der Waals surface area (Å²) >= 11 is 0. The molecule has 0 aliphatic carbocycles. The Bertz CT molecular complexity index is 1060. The normalized spacial score (nSPS) is 12.7. The van der Waals surface area contributed by atoms with Crippen molar-refractivity contribution in [1.29, 1.82) is 0 Å². The summed E-state index contributed by atoms with van der Waals surface area (Å²) in [5.41, 5.74) is -0.460. The van der Waals surface area contributed by atoms with Crippen molar-refractivity contribution >= 4 is 21.0 Å². The van der Waals surface area contributed by atoms with E-state index in [9.17, 15) is 21.6 Å². The highest BCUT2D eigenvalue weighted by Crippen LogP contribution is 2.32. The molecule has 0 radical (unpaired) electrons. The first-order valence-electron chi connectivity index (χ1n) is 7.23. The Labute approximate surface area is 141 Å². The molecule has 10 heteroatoms. The summed E-state index contributed by atoms with van der Waals surface area (Å²) < 4.78 is 64.5. The SMILES string of the molecule is CCS(=O)(=O)c1ncccc1-c1nc2cc(C(F)(F)F)cnc2n1C. The number of alkyl halides is 3. The van der Waals surface area contributed by atoms with Gasteiger partial charge in [0.05, 0.1) is 16.9 Å². The highest BCUT2D eigenvalue weighted by molar-refractivity contribution is 7.91. The lowest BCUT2D eigenvalue weighted by molar-refractivity contribution is -0.137. The number of pyridine rings is 2. The van der Waals surface area contributed by atoms with Crippen LogP contribution in [-0.2, 0) is 23.1 Å². The molecule has 3 heterocycles. The predicted molar refractivity (Wildman–Crippen MR) is 84.5 cm³/mol. The van der Waals surface area contributed by atoms with Gasteiger partial charge in [0.15, 0.2) is 20.5 Å². The van der Waals surface area contributed by atoms with Gasteiger partial charge in [-0.25, -0.2) is 23.4 Å². The molecule has 0 fully saturated rings. The quantitative estimate of drug-likeness (QED) is 0.708. The Hall–Kier alpha value is -2.49. The number of aromatic nitrogens is 4. The third-order valence-corrected chi connectivity index (χ3v) is 5.40. The fourth-order valence-corrected chi connectivity index (χ4v) is 3.41. The highest BCUT2D eigenvalue weighted by Gasteiger charge is 2.32. The number of imidazole rings is 1. The van der Waals surface area contributed by atoms with Crippen LogP contribution in [0.3, 0.4) is 0 Å². The third kappa shape index (κ3) is 2.97. The van der Waals surface area contributed by atoms with Crippen LogP contribution >= 0.6 is 0 Å². The van der Waals surface area contributed by atoms with E-state index in [2.05, 4.69) is 15.0 Å². The van der Waals surface area contributed by atoms with Gasteiger partial charge in [0, 0.05) is 19.4 Å². The van der Waals surface area contributed by atoms with Crippen molar-refractivity contribution in [2.45, 2.75) is 18.1 Å². The molecule has 0 spiro atoms. The molecule has 6 nitrogen and oxygen atoms in total. The minimum atomic E-state index is -4.54. The van der Waals surface area contributed by atoms with Crippen molar-refractivity contribution in [3.05, 3.63) is 36.2 Å². The van der Waals surface area contributed by atoms with E-state index in [-0.39, 0.29) is 33.3 Å². The molecule has 3 rings (SSSR count). The molecular formula is C15H13F3N4O2S. The monoisotopic (exact) mass is 370 g/mol. The van der Waals surface area contributed by atoms with E-state index in [0.717, 1.165) is 12.3 Å². The zero-order valence-electron chi connectivity index (χ0n) is 13.2. The zero-order chi connectivity index (χ0) is 18.4. The summed E-state index contributed by atoms with van der Waals surface area (Å²) in [4.78, 5) is 11.9. The van der Waals surface area contributed by atoms with E-state index in [1.165, 1.54) is 29.8 Å². The second-order valence-electron chi connectivity index (χ2n) is 5.32. The second kappa shape index (κ2) is 5.80. The highest BCUT2D eigenvalue weighted by atomic mass is 32.2. The fraction of sp³-hybridized carbons (Fsp3) is 0.267. The van der Waals surface area contributed by atoms with Gasteiger partial charge in [-0.1, -0.05) is 6.92 Å². The van der Waals surface area contributed by atoms with Gasteiger partial charge >= 0.3 is 6.18 Å². The van der Waals surface area contributed by atoms with Crippen LogP contribution in [0.5, 0.6) is 0 Å². The Morgan fingerprint density at radius 3 is 2.60 bits per heavy atom. The van der Waals surface area contributed by atoms with Gasteiger partial charge in [0.25, 0.3) is 0 Å². The number of sulfone groups is 1. The Balaban J connectivity index is 2.26. The standard InChI is InChI=1S/C15H13F3N4O2S/c1-3-25(23,24)14-10(5-4-6-19-14)12-21-11-7-9(15(16,17)18)8-20-13(11)22(12)2/h4-8H,3H2,1-2H3. The average Bonchev–Trinajstić information content (AvgIpc) is 2.90. The Kier molecular flexibility index (Phi) is 4.02. The summed E-state index contributed by atoms with van der Waals surface area (Å²) in [5.74, 6) is 0.0270. The summed E-state index contributed by atoms with van der Waals surface area (Å²) in [7, 11) is -2.07. The topological polar surface area (TPSA) is 77.7 Å². The van der Waals surface area contributed by atoms with Crippen molar-refractivity contribution in [3.8, 4) is 11.4 Å². The van der Waals surface area contributed by atoms with E-state index in [1.54, 1.807) is 7.05 Å². The largest absolute Gasteiger partial charge is 0.417 e. The molecule has 0 aromatic carbocycles. The van der Waals surface area contributed by atoms with Crippen LogP contribution in [-0.4, -0.2) is 33.7 Å². The van der Waals surface area contributed by atoms with Crippen LogP contribution < -0.4 is 0 Å². The fourth-order valence-electron chi connectivity index (χ4n) is 2.42. The van der Waals surface area contributed by atoms with Crippen molar-refractivity contribution in [2.24, 2.45) is 7.05 Å². The summed E-state index contributed by atoms with van der Waals surface area (Å²) in [5, 5.41) is -0.160. The van der Waals surface area contributed by atoms with Crippen LogP contribution in [0.1, 0.15) is 12.5 Å². The molecule has 25 heavy (non-hydrogen) atoms. The lowest BCUT2D eigenvalue weighted by atomic mass is 10.2. The van der Waals surface area contributed by atoms with Gasteiger partial charge in [-0.3, -0.25) is 0 Å². The lowest BCUT2D eigenvalue weighted by Crippen LogP contribution is -2.09. The van der Waals surface area contributed by atoms with Crippen molar-refractivity contribution in [2.75, 3.05) is 5.75 Å². The molecule has 3 aromatic heterocycles.